The second-order valence-electron chi connectivity index (χ2n) is 34.4. The van der Waals surface area contributed by atoms with Gasteiger partial charge in [0.15, 0.2) is 20.1 Å². The van der Waals surface area contributed by atoms with Gasteiger partial charge in [-0.15, -0.1) is 0 Å². The number of sulfonamides is 4. The predicted molar refractivity (Wildman–Crippen MR) is 490 cm³/mol. The Morgan fingerprint density at radius 1 is 0.421 bits per heavy atom. The van der Waals surface area contributed by atoms with Crippen LogP contribution in [0.3, 0.4) is 0 Å². The number of morpholine rings is 1. The van der Waals surface area contributed by atoms with E-state index < -0.39 is 115 Å². The van der Waals surface area contributed by atoms with Gasteiger partial charge in [0.1, 0.15) is 22.8 Å². The first-order valence-corrected chi connectivity index (χ1v) is 50.3. The van der Waals surface area contributed by atoms with Crippen molar-refractivity contribution in [2.75, 3.05) is 108 Å². The Morgan fingerprint density at radius 2 is 0.729 bits per heavy atom. The van der Waals surface area contributed by atoms with Crippen LogP contribution in [-0.4, -0.2) is 253 Å². The molecule has 1 saturated heterocycles. The highest BCUT2D eigenvalue weighted by Gasteiger charge is 2.36. The Bertz CT molecular complexity index is 6150. The number of likely N-dealkylation sites (N-methyl/N-ethyl adjacent to an activating group) is 2. The number of hydrogen-bond donors (Lipinski definition) is 12. The normalized spacial score (nSPS) is 14.8. The molecule has 133 heavy (non-hydrogen) atoms. The molecule has 5 heterocycles. The number of hydrogen-bond acceptors (Lipinski definition) is 25. The molecule has 7 aliphatic rings. The van der Waals surface area contributed by atoms with Gasteiger partial charge >= 0.3 is 24.1 Å². The molecule has 6 aliphatic carbocycles. The molecule has 4 aromatic heterocycles. The molecular weight excluding hydrogens is 1800 g/mol. The van der Waals surface area contributed by atoms with Crippen LogP contribution in [0.15, 0.2) is 80.8 Å². The third kappa shape index (κ3) is 23.2. The van der Waals surface area contributed by atoms with E-state index in [1.165, 1.54) is 93.8 Å². The zero-order chi connectivity index (χ0) is 96.5. The van der Waals surface area contributed by atoms with E-state index in [9.17, 15) is 77.1 Å². The van der Waals surface area contributed by atoms with Gasteiger partial charge < -0.3 is 66.0 Å². The van der Waals surface area contributed by atoms with Crippen LogP contribution in [-0.2, 0) is 150 Å². The maximum absolute atomic E-state index is 12.8. The third-order valence-electron chi connectivity index (χ3n) is 24.4. The highest BCUT2D eigenvalue weighted by molar-refractivity contribution is 7.90. The number of aliphatic hydroxyl groups is 4. The number of aryl methyl sites for hydroxylation is 10. The summed E-state index contributed by atoms with van der Waals surface area (Å²) in [6.07, 6.45) is 16.2. The van der Waals surface area contributed by atoms with Crippen LogP contribution in [0.2, 0.25) is 0 Å². The van der Waals surface area contributed by atoms with Crippen molar-refractivity contribution in [3.63, 3.8) is 0 Å². The molecule has 0 radical (unpaired) electrons. The quantitative estimate of drug-likeness (QED) is 0.0293. The summed E-state index contributed by atoms with van der Waals surface area (Å²) < 4.78 is 121. The second kappa shape index (κ2) is 42.7. The van der Waals surface area contributed by atoms with Gasteiger partial charge in [-0.25, -0.2) is 38.1 Å². The Labute approximate surface area is 772 Å². The molecule has 4 aromatic carbocycles. The van der Waals surface area contributed by atoms with Gasteiger partial charge in [-0.1, -0.05) is 64.1 Å². The number of aliphatic hydroxyl groups excluding tert-OH is 4. The van der Waals surface area contributed by atoms with Gasteiger partial charge in [0.2, 0.25) is 0 Å². The van der Waals surface area contributed by atoms with Gasteiger partial charge in [-0.2, -0.15) is 54.1 Å². The number of nitrogens with zero attached hydrogens (tertiary/aromatic N) is 12. The van der Waals surface area contributed by atoms with Crippen molar-refractivity contribution >= 4 is 111 Å². The first-order chi connectivity index (χ1) is 63.1. The largest absolute Gasteiger partial charge is 0.396 e. The highest BCUT2D eigenvalue weighted by atomic mass is 32.2. The zero-order valence-electron chi connectivity index (χ0n) is 76.4. The Hall–Kier alpha value is -11.7. The number of amides is 12. The number of para-hydroxylation sites is 1. The molecule has 41 nitrogen and oxygen atoms in total. The van der Waals surface area contributed by atoms with Crippen LogP contribution in [0.5, 0.6) is 0 Å². The summed E-state index contributed by atoms with van der Waals surface area (Å²) in [6.45, 7) is 11.3. The molecule has 1 unspecified atom stereocenters. The fourth-order valence-corrected chi connectivity index (χ4v) is 21.4. The van der Waals surface area contributed by atoms with E-state index in [0.29, 0.717) is 51.5 Å². The summed E-state index contributed by atoms with van der Waals surface area (Å²) in [5, 5.41) is 61.6. The summed E-state index contributed by atoms with van der Waals surface area (Å²) in [5.74, 6) is -1.57. The first kappa shape index (κ1) is 100. The monoisotopic (exact) mass is 1920 g/mol. The lowest BCUT2D eigenvalue weighted by atomic mass is 9.93. The van der Waals surface area contributed by atoms with Gasteiger partial charge in [-0.3, -0.25) is 37.9 Å². The summed E-state index contributed by atoms with van der Waals surface area (Å²) in [4.78, 5) is 107. The van der Waals surface area contributed by atoms with Crippen molar-refractivity contribution in [3.8, 4) is 0 Å². The summed E-state index contributed by atoms with van der Waals surface area (Å²) in [5.41, 5.74) is 18.7. The lowest BCUT2D eigenvalue weighted by molar-refractivity contribution is 0.0295. The number of rotatable bonds is 27. The Balaban J connectivity index is 0.000000160. The second-order valence-corrected chi connectivity index (χ2v) is 40.9. The molecule has 1 aliphatic heterocycles. The molecule has 720 valence electrons. The van der Waals surface area contributed by atoms with Crippen molar-refractivity contribution < 1.29 is 97.2 Å². The standard InChI is InChI=1S/C22H29N5O6S.2C22H29N5O5S.C22H31N5O5S/c1-26(11-15(29)12-28)21(30)18-10-19(24-27(18)2)34(32,33)25-22(31)23-20-16-7-3-5-13(16)9-14-6-4-8-17(14)20;1-26(10-5-11-28)21(29)18-13-19(24-27(18)2)33(31,32)25-22(30)23-20-16-8-3-6-14(16)12-15-7-4-9-17(15)20;1-3-27(10-11-28)21(29)18-13-19(24-26(18)2)33(31,32)25-22(30)23-20-16-8-4-6-14(16)12-15-7-5-9-17(15)20;1-14(2)16-7-6-8-17(15(3)4)20(16)23-22(29)25-33(30,31)19-13-18(26(5)24-19)21(28)27-9-11-32-12-10-27/h9-10,15,28-29H,3-8,11-12H2,1-2H3,(H2,23,25,31);2*12-13,28H,3-11H2,1-2H3,(H2,23,25,30);6-8,13-15H,9-12H2,1-5H3,(H2,23,25,29). The smallest absolute Gasteiger partial charge is 0.333 e. The number of ether oxygens (including phenoxy) is 1. The van der Waals surface area contributed by atoms with Crippen LogP contribution in [0.1, 0.15) is 211 Å². The molecule has 45 heteroatoms. The number of anilines is 4. The fourth-order valence-electron chi connectivity index (χ4n) is 17.8. The van der Waals surface area contributed by atoms with Crippen LogP contribution >= 0.6 is 0 Å². The average molecular weight is 1920 g/mol. The van der Waals surface area contributed by atoms with E-state index >= 15 is 0 Å². The number of urea groups is 4. The first-order valence-electron chi connectivity index (χ1n) is 44.4. The molecule has 8 aromatic rings. The number of aromatic nitrogens is 8. The van der Waals surface area contributed by atoms with E-state index in [1.807, 2.05) is 64.8 Å². The van der Waals surface area contributed by atoms with Crippen LogP contribution < -0.4 is 40.2 Å². The van der Waals surface area contributed by atoms with Crippen molar-refractivity contribution in [1.82, 2.24) is 77.6 Å². The predicted octanol–water partition coefficient (Wildman–Crippen LogP) is 5.71. The average Bonchev–Trinajstić information content (AvgIpc) is 1.64. The minimum Gasteiger partial charge on any atom is -0.396 e. The molecule has 0 saturated carbocycles. The lowest BCUT2D eigenvalue weighted by Crippen LogP contribution is -2.41. The fraction of sp³-hybridized carbons (Fsp3) is 0.500. The van der Waals surface area contributed by atoms with E-state index in [4.69, 9.17) is 20.1 Å². The minimum atomic E-state index is -4.35. The number of carbonyl (C=O) groups is 8. The molecular formula is C88H118N20O21S4. The van der Waals surface area contributed by atoms with Gasteiger partial charge in [-0.05, 0) is 219 Å². The number of benzene rings is 4. The minimum absolute atomic E-state index is 0.0461. The van der Waals surface area contributed by atoms with Gasteiger partial charge in [0, 0.05) is 135 Å². The summed E-state index contributed by atoms with van der Waals surface area (Å²) in [7, 11) is -8.48. The highest BCUT2D eigenvalue weighted by Crippen LogP contribution is 2.42. The van der Waals surface area contributed by atoms with Crippen LogP contribution in [0.4, 0.5) is 41.9 Å². The van der Waals surface area contributed by atoms with E-state index in [0.717, 1.165) is 210 Å². The topological polar surface area (TPSA) is 544 Å². The molecule has 15 rings (SSSR count). The number of fused-ring (bicyclic) bond motifs is 6. The maximum atomic E-state index is 12.8. The molecule has 12 amide bonds. The lowest BCUT2D eigenvalue weighted by Gasteiger charge is -2.26. The Morgan fingerprint density at radius 3 is 1.04 bits per heavy atom. The Kier molecular flexibility index (Phi) is 32.2. The SMILES string of the molecule is CC(C)c1cccc(C(C)C)c1NC(=O)NS(=O)(=O)c1cc(C(=O)N2CCOCC2)n(C)n1.CCN(CCO)C(=O)c1cc(S(=O)(=O)NC(=O)Nc2c3c(cc4c2CCC4)CCC3)nn1C.CN(CC(O)CO)C(=O)c1cc(S(=O)(=O)NC(=O)Nc2c3c(cc4c2CCC4)CCC3)nn1C.CN(CCCO)C(=O)c1cc(S(=O)(=O)NC(=O)Nc2c3c(cc4c2CCC4)CCC3)nn1C. The maximum Gasteiger partial charge on any atom is 0.333 e. The molecule has 1 fully saturated rings. The molecule has 0 bridgehead atoms. The molecule has 0 spiro atoms. The summed E-state index contributed by atoms with van der Waals surface area (Å²) >= 11 is 0. The van der Waals surface area contributed by atoms with E-state index in [-0.39, 0.29) is 66.8 Å². The summed E-state index contributed by atoms with van der Waals surface area (Å²) in [6, 6.07) is 13.5. The van der Waals surface area contributed by atoms with E-state index in [2.05, 4.69) is 59.9 Å². The van der Waals surface area contributed by atoms with Gasteiger partial charge in [0.05, 0.1) is 32.5 Å². The third-order valence-corrected chi connectivity index (χ3v) is 29.3. The number of carbonyl (C=O) groups excluding carboxylic acids is 8. The zero-order valence-corrected chi connectivity index (χ0v) is 79.7. The van der Waals surface area contributed by atoms with Crippen LogP contribution in [0, 0.1) is 0 Å². The van der Waals surface area contributed by atoms with Crippen molar-refractivity contribution in [3.05, 3.63) is 161 Å². The van der Waals surface area contributed by atoms with Crippen LogP contribution in [0.25, 0.3) is 0 Å². The molecule has 1 atom stereocenters. The van der Waals surface area contributed by atoms with Crippen molar-refractivity contribution in [2.24, 2.45) is 28.2 Å². The van der Waals surface area contributed by atoms with Crippen molar-refractivity contribution in [2.45, 2.75) is 195 Å². The number of nitrogens with one attached hydrogen (secondary N) is 8. The van der Waals surface area contributed by atoms with E-state index in [1.54, 1.807) is 18.9 Å². The van der Waals surface area contributed by atoms with Crippen molar-refractivity contribution in [1.29, 1.82) is 0 Å². The molecule has 12 N–H and O–H groups in total. The van der Waals surface area contributed by atoms with Gasteiger partial charge in [0.25, 0.3) is 63.7 Å².